The fraction of sp³-hybridized carbons (Fsp3) is 0.231. The molecule has 1 saturated heterocycles. The van der Waals surface area contributed by atoms with Crippen molar-refractivity contribution in [2.75, 3.05) is 31.1 Å². The van der Waals surface area contributed by atoms with Crippen molar-refractivity contribution in [3.8, 4) is 11.8 Å². The number of rotatable bonds is 8. The summed E-state index contributed by atoms with van der Waals surface area (Å²) in [6.07, 6.45) is 0. The number of piperazine rings is 1. The summed E-state index contributed by atoms with van der Waals surface area (Å²) in [6.45, 7) is 3.58. The Kier molecular flexibility index (Phi) is 9.26. The molecule has 0 saturated carbocycles. The fourth-order valence-corrected chi connectivity index (χ4v) is 4.13. The molecule has 1 aliphatic rings. The van der Waals surface area contributed by atoms with Crippen molar-refractivity contribution in [3.63, 3.8) is 0 Å². The van der Waals surface area contributed by atoms with Crippen molar-refractivity contribution in [3.05, 3.63) is 98.8 Å². The maximum atomic E-state index is 14.3. The number of nitro groups is 1. The van der Waals surface area contributed by atoms with E-state index in [1.165, 1.54) is 18.2 Å². The standard InChI is InChI=1S/C26H23FN4O5.Li/c27-22-14-20(15-28)8-9-23(22)30-12-10-29(11-13-30)16-18-4-6-19(7-5-18)17-36-24-3-1-2-21(26(32)33)25(24)31(34)35;/h1-9,14H,10-13,16-17H2,(H,32,33);/q;+1/p-1. The second-order valence-corrected chi connectivity index (χ2v) is 8.34. The summed E-state index contributed by atoms with van der Waals surface area (Å²) in [5.41, 5.74) is 1.48. The van der Waals surface area contributed by atoms with Gasteiger partial charge in [0.1, 0.15) is 12.4 Å². The van der Waals surface area contributed by atoms with Gasteiger partial charge >= 0.3 is 24.5 Å². The zero-order chi connectivity index (χ0) is 25.7. The molecular formula is C26H22FLiN4O5. The number of hydrogen-bond donors (Lipinski definition) is 0. The Morgan fingerprint density at radius 2 is 1.73 bits per heavy atom. The number of anilines is 1. The minimum absolute atomic E-state index is 0. The van der Waals surface area contributed by atoms with Gasteiger partial charge in [0.2, 0.25) is 0 Å². The summed E-state index contributed by atoms with van der Waals surface area (Å²) in [5, 5.41) is 31.4. The zero-order valence-electron chi connectivity index (χ0n) is 20.2. The Labute approximate surface area is 225 Å². The Balaban J connectivity index is 0.00000380. The van der Waals surface area contributed by atoms with Crippen LogP contribution in [0, 0.1) is 27.3 Å². The Morgan fingerprint density at radius 1 is 1.05 bits per heavy atom. The maximum absolute atomic E-state index is 14.3. The molecule has 3 aromatic carbocycles. The number of carbonyl (C=O) groups excluding carboxylic acids is 1. The summed E-state index contributed by atoms with van der Waals surface area (Å²) >= 11 is 0. The van der Waals surface area contributed by atoms with Gasteiger partial charge in [0.25, 0.3) is 0 Å². The van der Waals surface area contributed by atoms with Crippen LogP contribution >= 0.6 is 0 Å². The average molecular weight is 496 g/mol. The normalized spacial score (nSPS) is 13.4. The van der Waals surface area contributed by atoms with Crippen molar-refractivity contribution in [2.45, 2.75) is 13.2 Å². The van der Waals surface area contributed by atoms with Gasteiger partial charge in [-0.05, 0) is 41.5 Å². The molecule has 0 aliphatic carbocycles. The van der Waals surface area contributed by atoms with Gasteiger partial charge in [-0.1, -0.05) is 30.3 Å². The van der Waals surface area contributed by atoms with Crippen LogP contribution in [0.1, 0.15) is 27.0 Å². The Hall–Kier alpha value is -3.89. The molecule has 9 nitrogen and oxygen atoms in total. The van der Waals surface area contributed by atoms with Gasteiger partial charge in [0, 0.05) is 32.7 Å². The molecule has 4 rings (SSSR count). The molecule has 37 heavy (non-hydrogen) atoms. The number of carbonyl (C=O) groups is 1. The fourth-order valence-electron chi connectivity index (χ4n) is 4.13. The molecule has 0 spiro atoms. The number of nitrogens with zero attached hydrogens (tertiary/aromatic N) is 4. The maximum Gasteiger partial charge on any atom is 1.00 e. The molecule has 184 valence electrons. The summed E-state index contributed by atoms with van der Waals surface area (Å²) in [6, 6.07) is 17.9. The first-order valence-electron chi connectivity index (χ1n) is 11.2. The average Bonchev–Trinajstić information content (AvgIpc) is 2.88. The van der Waals surface area contributed by atoms with E-state index in [1.54, 1.807) is 12.1 Å². The Bertz CT molecular complexity index is 1320. The van der Waals surface area contributed by atoms with Crippen molar-refractivity contribution in [1.29, 1.82) is 5.26 Å². The van der Waals surface area contributed by atoms with Crippen LogP contribution in [0.4, 0.5) is 15.8 Å². The molecule has 1 fully saturated rings. The minimum Gasteiger partial charge on any atom is -0.545 e. The van der Waals surface area contributed by atoms with Gasteiger partial charge in [-0.15, -0.1) is 0 Å². The number of para-hydroxylation sites is 1. The number of benzene rings is 3. The summed E-state index contributed by atoms with van der Waals surface area (Å²) in [7, 11) is 0. The third-order valence-corrected chi connectivity index (χ3v) is 6.01. The first-order chi connectivity index (χ1) is 17.4. The third-order valence-electron chi connectivity index (χ3n) is 6.01. The number of hydrogen-bond acceptors (Lipinski definition) is 8. The second-order valence-electron chi connectivity index (χ2n) is 8.34. The van der Waals surface area contributed by atoms with Crippen LogP contribution in [0.5, 0.6) is 5.75 Å². The van der Waals surface area contributed by atoms with E-state index in [2.05, 4.69) is 4.90 Å². The van der Waals surface area contributed by atoms with Crippen molar-refractivity contribution < 1.29 is 42.8 Å². The molecule has 0 radical (unpaired) electrons. The predicted octanol–water partition coefficient (Wildman–Crippen LogP) is -0.126. The number of ether oxygens (including phenoxy) is 1. The van der Waals surface area contributed by atoms with Gasteiger partial charge in [0.05, 0.1) is 33.8 Å². The topological polar surface area (TPSA) is 123 Å². The summed E-state index contributed by atoms with van der Waals surface area (Å²) in [5.74, 6) is -2.17. The van der Waals surface area contributed by atoms with Gasteiger partial charge in [-0.3, -0.25) is 15.0 Å². The number of nitro benzene ring substituents is 1. The minimum atomic E-state index is -1.64. The number of halogens is 1. The van der Waals surface area contributed by atoms with E-state index in [9.17, 15) is 24.4 Å². The summed E-state index contributed by atoms with van der Waals surface area (Å²) < 4.78 is 19.9. The van der Waals surface area contributed by atoms with E-state index in [0.717, 1.165) is 30.3 Å². The number of carboxylic acids is 1. The first-order valence-corrected chi connectivity index (χ1v) is 11.2. The smallest absolute Gasteiger partial charge is 0.545 e. The third kappa shape index (κ3) is 6.66. The zero-order valence-corrected chi connectivity index (χ0v) is 20.2. The SMILES string of the molecule is N#Cc1ccc(N2CCN(Cc3ccc(COc4cccc(C(=O)[O-])c4[N+](=O)[O-])cc3)CC2)c(F)c1.[Li+]. The quantitative estimate of drug-likeness (QED) is 0.240. The second kappa shape index (κ2) is 12.4. The number of carboxylic acid groups (broad SMARTS) is 1. The van der Waals surface area contributed by atoms with Crippen LogP contribution in [-0.4, -0.2) is 42.0 Å². The summed E-state index contributed by atoms with van der Waals surface area (Å²) in [4.78, 5) is 26.0. The van der Waals surface area contributed by atoms with Crippen molar-refractivity contribution in [1.82, 2.24) is 4.90 Å². The number of aromatic carboxylic acids is 1. The van der Waals surface area contributed by atoms with Crippen LogP contribution in [0.2, 0.25) is 0 Å². The van der Waals surface area contributed by atoms with Crippen LogP contribution in [0.25, 0.3) is 0 Å². The van der Waals surface area contributed by atoms with Crippen LogP contribution < -0.4 is 33.6 Å². The molecule has 11 heteroatoms. The van der Waals surface area contributed by atoms with E-state index in [4.69, 9.17) is 10.00 Å². The monoisotopic (exact) mass is 496 g/mol. The molecule has 0 atom stereocenters. The van der Waals surface area contributed by atoms with Crippen LogP contribution in [-0.2, 0) is 13.2 Å². The van der Waals surface area contributed by atoms with Crippen molar-refractivity contribution in [2.24, 2.45) is 0 Å². The first kappa shape index (κ1) is 27.7. The van der Waals surface area contributed by atoms with E-state index in [1.807, 2.05) is 35.2 Å². The van der Waals surface area contributed by atoms with E-state index in [0.29, 0.717) is 30.9 Å². The molecule has 1 aliphatic heterocycles. The molecule has 0 bridgehead atoms. The number of nitriles is 1. The molecule has 0 amide bonds. The van der Waals surface area contributed by atoms with E-state index in [-0.39, 0.29) is 31.2 Å². The molecular weight excluding hydrogens is 474 g/mol. The largest absolute Gasteiger partial charge is 1.00 e. The van der Waals surface area contributed by atoms with Gasteiger partial charge < -0.3 is 19.5 Å². The van der Waals surface area contributed by atoms with Crippen LogP contribution in [0.3, 0.4) is 0 Å². The van der Waals surface area contributed by atoms with Gasteiger partial charge in [-0.25, -0.2) is 4.39 Å². The van der Waals surface area contributed by atoms with Crippen LogP contribution in [0.15, 0.2) is 60.7 Å². The van der Waals surface area contributed by atoms with Gasteiger partial charge in [0.15, 0.2) is 5.75 Å². The van der Waals surface area contributed by atoms with E-state index < -0.39 is 28.0 Å². The molecule has 0 aromatic heterocycles. The van der Waals surface area contributed by atoms with Crippen molar-refractivity contribution >= 4 is 17.3 Å². The predicted molar refractivity (Wildman–Crippen MR) is 127 cm³/mol. The van der Waals surface area contributed by atoms with Gasteiger partial charge in [-0.2, -0.15) is 5.26 Å². The molecule has 0 N–H and O–H groups in total. The molecule has 1 heterocycles. The molecule has 0 unspecified atom stereocenters. The van der Waals surface area contributed by atoms with E-state index >= 15 is 0 Å². The molecule has 3 aromatic rings. The Morgan fingerprint density at radius 3 is 2.32 bits per heavy atom.